The number of carbonyl (C=O) groups excluding carboxylic acids is 1. The number of carboxylic acid groups (broad SMARTS) is 1. The van der Waals surface area contributed by atoms with Crippen LogP contribution in [0.25, 0.3) is 0 Å². The fourth-order valence-corrected chi connectivity index (χ4v) is 1.13. The van der Waals surface area contributed by atoms with Crippen LogP contribution in [0.4, 0.5) is 13.2 Å². The Kier molecular flexibility index (Phi) is 4.74. The van der Waals surface area contributed by atoms with Gasteiger partial charge in [0.25, 0.3) is 0 Å². The van der Waals surface area contributed by atoms with Crippen molar-refractivity contribution < 1.29 is 32.6 Å². The zero-order chi connectivity index (χ0) is 14.5. The molecule has 0 unspecified atom stereocenters. The van der Waals surface area contributed by atoms with E-state index in [1.54, 1.807) is 5.32 Å². The molecule has 0 saturated heterocycles. The van der Waals surface area contributed by atoms with Gasteiger partial charge in [0.2, 0.25) is 0 Å². The first-order valence-corrected chi connectivity index (χ1v) is 5.12. The molecule has 5 nitrogen and oxygen atoms in total. The third-order valence-corrected chi connectivity index (χ3v) is 2.02. The second kappa shape index (κ2) is 6.07. The highest BCUT2D eigenvalue weighted by Crippen LogP contribution is 2.14. The molecule has 1 aromatic carbocycles. The van der Waals surface area contributed by atoms with E-state index in [9.17, 15) is 22.8 Å². The van der Waals surface area contributed by atoms with E-state index in [4.69, 9.17) is 9.84 Å². The van der Waals surface area contributed by atoms with E-state index in [2.05, 4.69) is 0 Å². The number of alkyl halides is 3. The van der Waals surface area contributed by atoms with Crippen LogP contribution in [0.2, 0.25) is 0 Å². The van der Waals surface area contributed by atoms with E-state index >= 15 is 0 Å². The Labute approximate surface area is 106 Å². The number of aromatic carboxylic acids is 1. The summed E-state index contributed by atoms with van der Waals surface area (Å²) >= 11 is 0. The summed E-state index contributed by atoms with van der Waals surface area (Å²) in [5.74, 6) is -2.83. The van der Waals surface area contributed by atoms with Crippen LogP contribution < -0.4 is 10.1 Å². The van der Waals surface area contributed by atoms with E-state index in [1.165, 1.54) is 24.3 Å². The summed E-state index contributed by atoms with van der Waals surface area (Å²) in [5.41, 5.74) is 0.0673. The number of carbonyl (C=O) groups is 2. The highest BCUT2D eigenvalue weighted by molar-refractivity contribution is 5.87. The fraction of sp³-hybridized carbons (Fsp3) is 0.273. The third-order valence-electron chi connectivity index (χ3n) is 2.02. The lowest BCUT2D eigenvalue weighted by molar-refractivity contribution is -0.173. The van der Waals surface area contributed by atoms with Crippen molar-refractivity contribution >= 4 is 11.9 Å². The maximum atomic E-state index is 11.8. The maximum Gasteiger partial charge on any atom is 0.471 e. The molecule has 1 amide bonds. The van der Waals surface area contributed by atoms with Gasteiger partial charge in [0.15, 0.2) is 0 Å². The molecule has 0 saturated carbocycles. The summed E-state index contributed by atoms with van der Waals surface area (Å²) < 4.78 is 40.5. The Morgan fingerprint density at radius 2 is 1.79 bits per heavy atom. The van der Waals surface area contributed by atoms with Crippen molar-refractivity contribution in [3.8, 4) is 5.75 Å². The van der Waals surface area contributed by atoms with Gasteiger partial charge < -0.3 is 15.2 Å². The minimum absolute atomic E-state index is 0.0673. The number of hydrogen-bond donors (Lipinski definition) is 2. The van der Waals surface area contributed by atoms with Crippen LogP contribution in [0.1, 0.15) is 10.4 Å². The Hall–Kier alpha value is -2.25. The minimum atomic E-state index is -4.91. The van der Waals surface area contributed by atoms with Gasteiger partial charge in [-0.05, 0) is 24.3 Å². The van der Waals surface area contributed by atoms with Crippen molar-refractivity contribution in [2.45, 2.75) is 6.18 Å². The predicted molar refractivity (Wildman–Crippen MR) is 58.0 cm³/mol. The number of ether oxygens (including phenoxy) is 1. The number of rotatable bonds is 5. The van der Waals surface area contributed by atoms with Crippen LogP contribution in [-0.2, 0) is 4.79 Å². The molecule has 0 aliphatic heterocycles. The number of hydrogen-bond acceptors (Lipinski definition) is 3. The molecule has 0 heterocycles. The molecule has 8 heteroatoms. The van der Waals surface area contributed by atoms with Gasteiger partial charge in [0, 0.05) is 0 Å². The Balaban J connectivity index is 2.34. The van der Waals surface area contributed by atoms with E-state index in [0.717, 1.165) is 0 Å². The van der Waals surface area contributed by atoms with Crippen LogP contribution >= 0.6 is 0 Å². The van der Waals surface area contributed by atoms with E-state index < -0.39 is 18.1 Å². The number of benzene rings is 1. The van der Waals surface area contributed by atoms with Gasteiger partial charge in [-0.3, -0.25) is 4.79 Å². The average Bonchev–Trinajstić information content (AvgIpc) is 2.33. The van der Waals surface area contributed by atoms with Crippen LogP contribution in [-0.4, -0.2) is 36.3 Å². The quantitative estimate of drug-likeness (QED) is 0.798. The van der Waals surface area contributed by atoms with Gasteiger partial charge in [-0.2, -0.15) is 13.2 Å². The minimum Gasteiger partial charge on any atom is -0.492 e. The standard InChI is InChI=1S/C11H10F3NO4/c12-11(13,14)10(18)15-5-6-19-8-3-1-7(2-4-8)9(16)17/h1-4H,5-6H2,(H,15,18)(H,16,17). The second-order valence-electron chi connectivity index (χ2n) is 3.43. The fourth-order valence-electron chi connectivity index (χ4n) is 1.13. The number of halogens is 3. The summed E-state index contributed by atoms with van der Waals surface area (Å²) in [7, 11) is 0. The molecule has 0 fully saturated rings. The molecule has 104 valence electrons. The monoisotopic (exact) mass is 277 g/mol. The van der Waals surface area contributed by atoms with Gasteiger partial charge in [-0.1, -0.05) is 0 Å². The molecular formula is C11H10F3NO4. The van der Waals surface area contributed by atoms with E-state index in [-0.39, 0.29) is 18.7 Å². The summed E-state index contributed by atoms with van der Waals surface area (Å²) in [6.07, 6.45) is -4.91. The van der Waals surface area contributed by atoms with Gasteiger partial charge in [-0.25, -0.2) is 4.79 Å². The first-order chi connectivity index (χ1) is 8.80. The molecule has 19 heavy (non-hydrogen) atoms. The number of carboxylic acids is 1. The lowest BCUT2D eigenvalue weighted by atomic mass is 10.2. The van der Waals surface area contributed by atoms with Gasteiger partial charge >= 0.3 is 18.1 Å². The van der Waals surface area contributed by atoms with Crippen molar-refractivity contribution in [2.24, 2.45) is 0 Å². The summed E-state index contributed by atoms with van der Waals surface area (Å²) in [5, 5.41) is 10.3. The molecule has 1 aromatic rings. The Morgan fingerprint density at radius 1 is 1.21 bits per heavy atom. The van der Waals surface area contributed by atoms with Gasteiger partial charge in [-0.15, -0.1) is 0 Å². The van der Waals surface area contributed by atoms with Crippen molar-refractivity contribution in [3.63, 3.8) is 0 Å². The van der Waals surface area contributed by atoms with Crippen molar-refractivity contribution in [1.82, 2.24) is 5.32 Å². The Bertz CT molecular complexity index is 456. The predicted octanol–water partition coefficient (Wildman–Crippen LogP) is 1.44. The average molecular weight is 277 g/mol. The lowest BCUT2D eigenvalue weighted by Gasteiger charge is -2.09. The van der Waals surface area contributed by atoms with Crippen molar-refractivity contribution in [1.29, 1.82) is 0 Å². The first-order valence-electron chi connectivity index (χ1n) is 5.12. The van der Waals surface area contributed by atoms with Crippen LogP contribution in [0.5, 0.6) is 5.75 Å². The molecule has 0 aromatic heterocycles. The molecule has 2 N–H and O–H groups in total. The highest BCUT2D eigenvalue weighted by Gasteiger charge is 2.38. The molecule has 0 aliphatic carbocycles. The Morgan fingerprint density at radius 3 is 2.26 bits per heavy atom. The van der Waals surface area contributed by atoms with Crippen LogP contribution in [0.15, 0.2) is 24.3 Å². The molecule has 0 atom stereocenters. The zero-order valence-electron chi connectivity index (χ0n) is 9.53. The molecular weight excluding hydrogens is 267 g/mol. The molecule has 1 rings (SSSR count). The molecule has 0 aliphatic rings. The number of amides is 1. The first kappa shape index (κ1) is 14.8. The molecule has 0 spiro atoms. The maximum absolute atomic E-state index is 11.8. The lowest BCUT2D eigenvalue weighted by Crippen LogP contribution is -2.38. The third kappa shape index (κ3) is 4.86. The number of nitrogens with one attached hydrogen (secondary N) is 1. The van der Waals surface area contributed by atoms with E-state index in [1.807, 2.05) is 0 Å². The largest absolute Gasteiger partial charge is 0.492 e. The summed E-state index contributed by atoms with van der Waals surface area (Å²) in [4.78, 5) is 21.0. The van der Waals surface area contributed by atoms with Gasteiger partial charge in [0.1, 0.15) is 12.4 Å². The van der Waals surface area contributed by atoms with Gasteiger partial charge in [0.05, 0.1) is 12.1 Å². The topological polar surface area (TPSA) is 75.6 Å². The normalized spacial score (nSPS) is 10.9. The van der Waals surface area contributed by atoms with E-state index in [0.29, 0.717) is 5.75 Å². The smallest absolute Gasteiger partial charge is 0.471 e. The summed E-state index contributed by atoms with van der Waals surface area (Å²) in [6, 6.07) is 5.34. The zero-order valence-corrected chi connectivity index (χ0v) is 9.53. The molecule has 0 bridgehead atoms. The van der Waals surface area contributed by atoms with Crippen LogP contribution in [0, 0.1) is 0 Å². The highest BCUT2D eigenvalue weighted by atomic mass is 19.4. The van der Waals surface area contributed by atoms with Crippen LogP contribution in [0.3, 0.4) is 0 Å². The second-order valence-corrected chi connectivity index (χ2v) is 3.43. The molecule has 0 radical (unpaired) electrons. The summed E-state index contributed by atoms with van der Waals surface area (Å²) in [6.45, 7) is -0.465. The van der Waals surface area contributed by atoms with Crippen molar-refractivity contribution in [2.75, 3.05) is 13.2 Å². The van der Waals surface area contributed by atoms with Crippen molar-refractivity contribution in [3.05, 3.63) is 29.8 Å². The SMILES string of the molecule is O=C(O)c1ccc(OCCNC(=O)C(F)(F)F)cc1.